The summed E-state index contributed by atoms with van der Waals surface area (Å²) >= 11 is 5.92. The maximum atomic E-state index is 12.0. The van der Waals surface area contributed by atoms with Crippen molar-refractivity contribution in [3.05, 3.63) is 29.3 Å². The van der Waals surface area contributed by atoms with Crippen LogP contribution in [0.5, 0.6) is 5.75 Å². The molecule has 1 aromatic carbocycles. The minimum absolute atomic E-state index is 0.0532. The highest BCUT2D eigenvalue weighted by Gasteiger charge is 2.24. The molecular formula is C15H20ClNO4S. The summed E-state index contributed by atoms with van der Waals surface area (Å²) in [4.78, 5) is 13.7. The average Bonchev–Trinajstić information content (AvgIpc) is 2.45. The van der Waals surface area contributed by atoms with Gasteiger partial charge in [0.2, 0.25) is 5.91 Å². The van der Waals surface area contributed by atoms with E-state index < -0.39 is 9.84 Å². The van der Waals surface area contributed by atoms with Crippen LogP contribution in [0.25, 0.3) is 0 Å². The number of likely N-dealkylation sites (tertiary alicyclic amines) is 1. The highest BCUT2D eigenvalue weighted by molar-refractivity contribution is 7.90. The quantitative estimate of drug-likeness (QED) is 0.820. The summed E-state index contributed by atoms with van der Waals surface area (Å²) < 4.78 is 28.1. The number of hydrogen-bond acceptors (Lipinski definition) is 4. The Bertz CT molecular complexity index is 624. The van der Waals surface area contributed by atoms with E-state index in [0.717, 1.165) is 24.8 Å². The van der Waals surface area contributed by atoms with Gasteiger partial charge in [-0.2, -0.15) is 0 Å². The van der Waals surface area contributed by atoms with Gasteiger partial charge in [-0.3, -0.25) is 4.79 Å². The molecule has 22 heavy (non-hydrogen) atoms. The van der Waals surface area contributed by atoms with Crippen LogP contribution < -0.4 is 4.74 Å². The number of halogens is 1. The van der Waals surface area contributed by atoms with Crippen LogP contribution in [0.3, 0.4) is 0 Å². The molecular weight excluding hydrogens is 326 g/mol. The first-order chi connectivity index (χ1) is 10.3. The first kappa shape index (κ1) is 17.1. The van der Waals surface area contributed by atoms with Crippen molar-refractivity contribution in [3.8, 4) is 5.75 Å². The minimum Gasteiger partial charge on any atom is -0.490 e. The summed E-state index contributed by atoms with van der Waals surface area (Å²) in [6.45, 7) is 1.18. The van der Waals surface area contributed by atoms with Gasteiger partial charge in [-0.1, -0.05) is 17.7 Å². The number of carbonyl (C=O) groups excluding carboxylic acids is 1. The summed E-state index contributed by atoms with van der Waals surface area (Å²) in [6, 6.07) is 7.25. The number of ether oxygens (including phenoxy) is 1. The highest BCUT2D eigenvalue weighted by atomic mass is 35.5. The molecule has 0 bridgehead atoms. The Morgan fingerprint density at radius 1 is 1.36 bits per heavy atom. The van der Waals surface area contributed by atoms with Crippen molar-refractivity contribution in [3.63, 3.8) is 0 Å². The van der Waals surface area contributed by atoms with E-state index in [4.69, 9.17) is 16.3 Å². The average molecular weight is 346 g/mol. The van der Waals surface area contributed by atoms with Gasteiger partial charge >= 0.3 is 0 Å². The molecule has 0 saturated carbocycles. The van der Waals surface area contributed by atoms with Gasteiger partial charge in [0.1, 0.15) is 21.7 Å². The van der Waals surface area contributed by atoms with Crippen molar-refractivity contribution in [1.82, 2.24) is 4.90 Å². The van der Waals surface area contributed by atoms with Crippen LogP contribution in [0.15, 0.2) is 24.3 Å². The minimum atomic E-state index is -3.10. The van der Waals surface area contributed by atoms with Gasteiger partial charge in [-0.15, -0.1) is 0 Å². The predicted octanol–water partition coefficient (Wildman–Crippen LogP) is 2.14. The number of carbonyl (C=O) groups is 1. The third kappa shape index (κ3) is 5.50. The fraction of sp³-hybridized carbons (Fsp3) is 0.533. The normalized spacial score (nSPS) is 16.5. The third-order valence-electron chi connectivity index (χ3n) is 3.58. The Kier molecular flexibility index (Phi) is 5.69. The van der Waals surface area contributed by atoms with Crippen molar-refractivity contribution >= 4 is 27.3 Å². The lowest BCUT2D eigenvalue weighted by molar-refractivity contribution is -0.132. The summed E-state index contributed by atoms with van der Waals surface area (Å²) in [7, 11) is -3.10. The van der Waals surface area contributed by atoms with Crippen molar-refractivity contribution in [2.75, 3.05) is 25.1 Å². The van der Waals surface area contributed by atoms with Gasteiger partial charge in [0.25, 0.3) is 0 Å². The van der Waals surface area contributed by atoms with Gasteiger partial charge < -0.3 is 9.64 Å². The topological polar surface area (TPSA) is 63.7 Å². The molecule has 1 fully saturated rings. The van der Waals surface area contributed by atoms with Crippen LogP contribution in [0.4, 0.5) is 0 Å². The van der Waals surface area contributed by atoms with Crippen molar-refractivity contribution in [1.29, 1.82) is 0 Å². The number of benzene rings is 1. The fourth-order valence-corrected chi connectivity index (χ4v) is 3.11. The third-order valence-corrected chi connectivity index (χ3v) is 4.76. The largest absolute Gasteiger partial charge is 0.490 e. The Morgan fingerprint density at radius 2 is 2.05 bits per heavy atom. The van der Waals surface area contributed by atoms with Crippen LogP contribution in [0.1, 0.15) is 19.3 Å². The maximum Gasteiger partial charge on any atom is 0.223 e. The predicted molar refractivity (Wildman–Crippen MR) is 86.0 cm³/mol. The molecule has 0 unspecified atom stereocenters. The highest BCUT2D eigenvalue weighted by Crippen LogP contribution is 2.22. The second kappa shape index (κ2) is 7.33. The van der Waals surface area contributed by atoms with Crippen molar-refractivity contribution in [2.24, 2.45) is 0 Å². The molecule has 1 aromatic rings. The molecule has 2 rings (SSSR count). The first-order valence-corrected chi connectivity index (χ1v) is 9.65. The summed E-state index contributed by atoms with van der Waals surface area (Å²) in [5.74, 6) is 0.533. The molecule has 1 heterocycles. The van der Waals surface area contributed by atoms with Gasteiger partial charge in [-0.05, 0) is 18.2 Å². The molecule has 5 nitrogen and oxygen atoms in total. The summed E-state index contributed by atoms with van der Waals surface area (Å²) in [5, 5.41) is 0.630. The van der Waals surface area contributed by atoms with E-state index in [1.165, 1.54) is 0 Å². The van der Waals surface area contributed by atoms with E-state index in [0.29, 0.717) is 18.1 Å². The van der Waals surface area contributed by atoms with Gasteiger partial charge in [0.15, 0.2) is 0 Å². The van der Waals surface area contributed by atoms with Crippen molar-refractivity contribution in [2.45, 2.75) is 25.4 Å². The van der Waals surface area contributed by atoms with E-state index in [1.54, 1.807) is 17.0 Å². The van der Waals surface area contributed by atoms with E-state index in [-0.39, 0.29) is 24.2 Å². The lowest BCUT2D eigenvalue weighted by Crippen LogP contribution is -2.42. The standard InChI is InChI=1S/C15H20ClNO4S/c1-22(19,20)10-7-15(18)17-8-5-13(6-9-17)21-14-4-2-3-12(16)11-14/h2-4,11,13H,5-10H2,1H3. The molecule has 0 aromatic heterocycles. The van der Waals surface area contributed by atoms with Gasteiger partial charge in [0, 0.05) is 43.6 Å². The molecule has 122 valence electrons. The van der Waals surface area contributed by atoms with E-state index in [2.05, 4.69) is 0 Å². The van der Waals surface area contributed by atoms with E-state index in [9.17, 15) is 13.2 Å². The Labute approximate surface area is 136 Å². The lowest BCUT2D eigenvalue weighted by Gasteiger charge is -2.32. The number of hydrogen-bond donors (Lipinski definition) is 0. The second-order valence-corrected chi connectivity index (χ2v) is 8.23. The van der Waals surface area contributed by atoms with E-state index >= 15 is 0 Å². The Morgan fingerprint density at radius 3 is 2.64 bits per heavy atom. The molecule has 7 heteroatoms. The molecule has 0 radical (unpaired) electrons. The van der Waals surface area contributed by atoms with Crippen LogP contribution >= 0.6 is 11.6 Å². The molecule has 1 aliphatic heterocycles. The van der Waals surface area contributed by atoms with Gasteiger partial charge in [0.05, 0.1) is 5.75 Å². The van der Waals surface area contributed by atoms with Crippen LogP contribution in [0.2, 0.25) is 5.02 Å². The number of rotatable bonds is 5. The molecule has 0 aliphatic carbocycles. The maximum absolute atomic E-state index is 12.0. The zero-order valence-corrected chi connectivity index (χ0v) is 14.1. The van der Waals surface area contributed by atoms with Crippen LogP contribution in [-0.2, 0) is 14.6 Å². The molecule has 1 saturated heterocycles. The Balaban J connectivity index is 1.79. The van der Waals surface area contributed by atoms with Gasteiger partial charge in [-0.25, -0.2) is 8.42 Å². The number of amides is 1. The lowest BCUT2D eigenvalue weighted by atomic mass is 10.1. The summed E-state index contributed by atoms with van der Waals surface area (Å²) in [5.41, 5.74) is 0. The van der Waals surface area contributed by atoms with Crippen LogP contribution in [-0.4, -0.2) is 50.4 Å². The zero-order chi connectivity index (χ0) is 16.2. The number of sulfone groups is 1. The molecule has 0 N–H and O–H groups in total. The zero-order valence-electron chi connectivity index (χ0n) is 12.5. The second-order valence-electron chi connectivity index (χ2n) is 5.54. The number of piperidine rings is 1. The molecule has 1 aliphatic rings. The monoisotopic (exact) mass is 345 g/mol. The fourth-order valence-electron chi connectivity index (χ4n) is 2.39. The molecule has 1 amide bonds. The van der Waals surface area contributed by atoms with Crippen molar-refractivity contribution < 1.29 is 17.9 Å². The first-order valence-electron chi connectivity index (χ1n) is 7.21. The molecule has 0 spiro atoms. The summed E-state index contributed by atoms with van der Waals surface area (Å²) in [6.07, 6.45) is 2.72. The number of nitrogens with zero attached hydrogens (tertiary/aromatic N) is 1. The van der Waals surface area contributed by atoms with Crippen LogP contribution in [0, 0.1) is 0 Å². The Hall–Kier alpha value is -1.27. The van der Waals surface area contributed by atoms with E-state index in [1.807, 2.05) is 12.1 Å². The molecule has 0 atom stereocenters. The SMILES string of the molecule is CS(=O)(=O)CCC(=O)N1CCC(Oc2cccc(Cl)c2)CC1. The smallest absolute Gasteiger partial charge is 0.223 e.